The van der Waals surface area contributed by atoms with Crippen molar-refractivity contribution in [3.05, 3.63) is 27.7 Å². The largest absolute Gasteiger partial charge is 0.444 e. The van der Waals surface area contributed by atoms with E-state index in [-0.39, 0.29) is 29.0 Å². The van der Waals surface area contributed by atoms with E-state index < -0.39 is 11.4 Å². The second-order valence-corrected chi connectivity index (χ2v) is 9.15. The summed E-state index contributed by atoms with van der Waals surface area (Å²) in [6.07, 6.45) is 0.399. The number of ether oxygens (including phenoxy) is 1. The fraction of sp³-hybridized carbons (Fsp3) is 0.526. The van der Waals surface area contributed by atoms with Crippen molar-refractivity contribution in [1.29, 1.82) is 0 Å². The summed E-state index contributed by atoms with van der Waals surface area (Å²) in [5, 5.41) is 0.538. The second kappa shape index (κ2) is 7.63. The molecule has 1 saturated heterocycles. The topological polar surface area (TPSA) is 58.6 Å². The summed E-state index contributed by atoms with van der Waals surface area (Å²) < 4.78 is 20.3. The fourth-order valence-electron chi connectivity index (χ4n) is 3.54. The summed E-state index contributed by atoms with van der Waals surface area (Å²) in [5.41, 5.74) is -0.395. The van der Waals surface area contributed by atoms with Gasteiger partial charge in [0.1, 0.15) is 16.9 Å². The first kappa shape index (κ1) is 21.0. The van der Waals surface area contributed by atoms with Gasteiger partial charge in [-0.1, -0.05) is 0 Å². The zero-order valence-corrected chi connectivity index (χ0v) is 18.8. The average Bonchev–Trinajstić information content (AvgIpc) is 2.97. The lowest BCUT2D eigenvalue weighted by Crippen LogP contribution is -2.45. The number of fused-ring (bicyclic) bond motifs is 1. The maximum Gasteiger partial charge on any atom is 0.410 e. The normalized spacial score (nSPS) is 19.9. The maximum absolute atomic E-state index is 14.5. The fourth-order valence-corrected chi connectivity index (χ4v) is 4.02. The third-order valence-electron chi connectivity index (χ3n) is 4.89. The number of halogens is 3. The van der Waals surface area contributed by atoms with Gasteiger partial charge in [-0.15, -0.1) is 0 Å². The number of benzene rings is 1. The summed E-state index contributed by atoms with van der Waals surface area (Å²) in [5.74, 6) is 0.0515. The van der Waals surface area contributed by atoms with Crippen LogP contribution in [0.15, 0.2) is 16.6 Å². The number of carbonyl (C=O) groups is 1. The molecule has 6 nitrogen and oxygen atoms in total. The van der Waals surface area contributed by atoms with Crippen molar-refractivity contribution in [3.8, 4) is 0 Å². The summed E-state index contributed by atoms with van der Waals surface area (Å²) in [6, 6.07) is 3.25. The van der Waals surface area contributed by atoms with E-state index in [9.17, 15) is 9.18 Å². The van der Waals surface area contributed by atoms with Crippen LogP contribution >= 0.6 is 27.5 Å². The number of nitrogens with zero attached hydrogens (tertiary/aromatic N) is 4. The average molecular weight is 474 g/mol. The smallest absolute Gasteiger partial charge is 0.410 e. The minimum Gasteiger partial charge on any atom is -0.444 e. The highest BCUT2D eigenvalue weighted by Gasteiger charge is 2.39. The minimum atomic E-state index is -0.553. The lowest BCUT2D eigenvalue weighted by Gasteiger charge is -2.33. The van der Waals surface area contributed by atoms with Gasteiger partial charge in [0.25, 0.3) is 0 Å². The van der Waals surface area contributed by atoms with E-state index in [1.807, 2.05) is 39.6 Å². The molecule has 1 fully saturated rings. The van der Waals surface area contributed by atoms with Crippen molar-refractivity contribution in [3.63, 3.8) is 0 Å². The SMILES string of the molecule is CC1C(N(C)c2nc(Cl)nc3c(F)c(Br)ccc23)CCN1C(=O)OC(C)(C)C. The molecular formula is C19H23BrClFN4O2. The molecule has 2 aromatic rings. The Morgan fingerprint density at radius 2 is 2.07 bits per heavy atom. The first-order valence-corrected chi connectivity index (χ1v) is 10.2. The predicted molar refractivity (Wildman–Crippen MR) is 111 cm³/mol. The molecule has 1 aromatic heterocycles. The molecule has 9 heteroatoms. The van der Waals surface area contributed by atoms with Crippen LogP contribution in [0.2, 0.25) is 5.28 Å². The predicted octanol–water partition coefficient (Wildman–Crippen LogP) is 5.02. The quantitative estimate of drug-likeness (QED) is 0.573. The third-order valence-corrected chi connectivity index (χ3v) is 5.67. The summed E-state index contributed by atoms with van der Waals surface area (Å²) in [4.78, 5) is 24.6. The molecule has 2 heterocycles. The number of rotatable bonds is 2. The maximum atomic E-state index is 14.5. The van der Waals surface area contributed by atoms with Gasteiger partial charge >= 0.3 is 6.09 Å². The lowest BCUT2D eigenvalue weighted by atomic mass is 10.1. The van der Waals surface area contributed by atoms with Crippen molar-refractivity contribution in [2.75, 3.05) is 18.5 Å². The summed E-state index contributed by atoms with van der Waals surface area (Å²) in [6.45, 7) is 8.08. The van der Waals surface area contributed by atoms with Crippen molar-refractivity contribution < 1.29 is 13.9 Å². The Balaban J connectivity index is 1.92. The number of likely N-dealkylation sites (tertiary alicyclic amines) is 1. The van der Waals surface area contributed by atoms with Crippen LogP contribution in [-0.2, 0) is 4.74 Å². The molecule has 0 aliphatic carbocycles. The molecule has 0 saturated carbocycles. The molecule has 28 heavy (non-hydrogen) atoms. The minimum absolute atomic E-state index is 0.0200. The van der Waals surface area contributed by atoms with Crippen molar-refractivity contribution >= 4 is 50.3 Å². The Bertz CT molecular complexity index is 921. The van der Waals surface area contributed by atoms with Crippen LogP contribution in [0.25, 0.3) is 10.9 Å². The van der Waals surface area contributed by atoms with Gasteiger partial charge in [-0.25, -0.2) is 14.2 Å². The Kier molecular flexibility index (Phi) is 5.74. The monoisotopic (exact) mass is 472 g/mol. The van der Waals surface area contributed by atoms with Gasteiger partial charge in [0.05, 0.1) is 16.6 Å². The van der Waals surface area contributed by atoms with Crippen LogP contribution in [0.4, 0.5) is 15.0 Å². The van der Waals surface area contributed by atoms with Crippen LogP contribution in [0.1, 0.15) is 34.1 Å². The Morgan fingerprint density at radius 3 is 2.71 bits per heavy atom. The third kappa shape index (κ3) is 4.03. The van der Waals surface area contributed by atoms with E-state index in [1.54, 1.807) is 17.0 Å². The number of anilines is 1. The molecule has 0 N–H and O–H groups in total. The first-order chi connectivity index (χ1) is 13.0. The van der Waals surface area contributed by atoms with Gasteiger partial charge in [-0.2, -0.15) is 4.98 Å². The molecule has 0 spiro atoms. The molecule has 1 amide bonds. The van der Waals surface area contributed by atoms with Crippen LogP contribution in [0.5, 0.6) is 0 Å². The Labute approximate surface area is 177 Å². The Morgan fingerprint density at radius 1 is 1.39 bits per heavy atom. The molecule has 0 radical (unpaired) electrons. The zero-order chi connectivity index (χ0) is 20.8. The van der Waals surface area contributed by atoms with E-state index in [1.165, 1.54) is 0 Å². The van der Waals surface area contributed by atoms with Crippen LogP contribution < -0.4 is 4.90 Å². The molecule has 2 atom stereocenters. The molecular weight excluding hydrogens is 451 g/mol. The highest BCUT2D eigenvalue weighted by atomic mass is 79.9. The van der Waals surface area contributed by atoms with E-state index in [2.05, 4.69) is 25.9 Å². The molecule has 2 unspecified atom stereocenters. The molecule has 1 aliphatic heterocycles. The highest BCUT2D eigenvalue weighted by molar-refractivity contribution is 9.10. The molecule has 3 rings (SSSR count). The van der Waals surface area contributed by atoms with Gasteiger partial charge in [0, 0.05) is 19.0 Å². The molecule has 1 aliphatic rings. The number of hydrogen-bond acceptors (Lipinski definition) is 5. The summed E-state index contributed by atoms with van der Waals surface area (Å²) in [7, 11) is 1.87. The van der Waals surface area contributed by atoms with Crippen LogP contribution in [0, 0.1) is 5.82 Å². The van der Waals surface area contributed by atoms with Crippen LogP contribution in [-0.4, -0.2) is 52.2 Å². The Hall–Kier alpha value is -1.67. The van der Waals surface area contributed by atoms with Crippen molar-refractivity contribution in [2.24, 2.45) is 0 Å². The number of likely N-dealkylation sites (N-methyl/N-ethyl adjacent to an activating group) is 1. The first-order valence-electron chi connectivity index (χ1n) is 9.03. The van der Waals surface area contributed by atoms with E-state index in [0.717, 1.165) is 6.42 Å². The van der Waals surface area contributed by atoms with Gasteiger partial charge in [0.15, 0.2) is 5.82 Å². The number of carbonyl (C=O) groups excluding carboxylic acids is 1. The zero-order valence-electron chi connectivity index (χ0n) is 16.5. The molecule has 1 aromatic carbocycles. The van der Waals surface area contributed by atoms with Gasteiger partial charge in [0.2, 0.25) is 5.28 Å². The highest BCUT2D eigenvalue weighted by Crippen LogP contribution is 2.34. The molecule has 152 valence electrons. The van der Waals surface area contributed by atoms with Gasteiger partial charge in [-0.05, 0) is 73.8 Å². The number of aromatic nitrogens is 2. The lowest BCUT2D eigenvalue weighted by molar-refractivity contribution is 0.0233. The van der Waals surface area contributed by atoms with Crippen molar-refractivity contribution in [2.45, 2.75) is 51.8 Å². The number of hydrogen-bond donors (Lipinski definition) is 0. The van der Waals surface area contributed by atoms with E-state index in [4.69, 9.17) is 16.3 Å². The van der Waals surface area contributed by atoms with E-state index in [0.29, 0.717) is 22.2 Å². The van der Waals surface area contributed by atoms with Crippen molar-refractivity contribution in [1.82, 2.24) is 14.9 Å². The van der Waals surface area contributed by atoms with E-state index >= 15 is 0 Å². The van der Waals surface area contributed by atoms with Crippen LogP contribution in [0.3, 0.4) is 0 Å². The second-order valence-electron chi connectivity index (χ2n) is 7.96. The summed E-state index contributed by atoms with van der Waals surface area (Å²) >= 11 is 9.25. The van der Waals surface area contributed by atoms with Gasteiger partial charge < -0.3 is 14.5 Å². The molecule has 0 bridgehead atoms. The standard InChI is InChI=1S/C19H23BrClFN4O2/c1-10-13(8-9-26(10)18(27)28-19(2,3)4)25(5)16-11-6-7-12(20)14(22)15(11)23-17(21)24-16/h6-7,10,13H,8-9H2,1-5H3. The van der Waals surface area contributed by atoms with Gasteiger partial charge in [-0.3, -0.25) is 0 Å². The number of amides is 1.